The summed E-state index contributed by atoms with van der Waals surface area (Å²) in [4.78, 5) is 36.6. The fourth-order valence-corrected chi connectivity index (χ4v) is 3.22. The van der Waals surface area contributed by atoms with Crippen LogP contribution in [0.3, 0.4) is 0 Å². The van der Waals surface area contributed by atoms with Crippen LogP contribution in [0.15, 0.2) is 0 Å². The third kappa shape index (κ3) is 3.11. The van der Waals surface area contributed by atoms with E-state index in [-0.39, 0.29) is 23.7 Å². The zero-order valence-corrected chi connectivity index (χ0v) is 11.7. The molecule has 1 saturated carbocycles. The molecule has 1 N–H and O–H groups in total. The van der Waals surface area contributed by atoms with E-state index in [9.17, 15) is 14.4 Å². The number of likely N-dealkylation sites (tertiary alicyclic amines) is 1. The maximum Gasteiger partial charge on any atom is 0.310 e. The van der Waals surface area contributed by atoms with E-state index in [0.717, 1.165) is 12.8 Å². The first kappa shape index (κ1) is 14.8. The van der Waals surface area contributed by atoms with Crippen molar-refractivity contribution >= 4 is 17.8 Å². The van der Waals surface area contributed by atoms with Gasteiger partial charge in [0.25, 0.3) is 0 Å². The van der Waals surface area contributed by atoms with E-state index < -0.39 is 11.9 Å². The van der Waals surface area contributed by atoms with Gasteiger partial charge in [0.05, 0.1) is 18.9 Å². The number of piperidine rings is 1. The van der Waals surface area contributed by atoms with Crippen molar-refractivity contribution in [2.75, 3.05) is 20.2 Å². The van der Waals surface area contributed by atoms with Crippen LogP contribution in [0.1, 0.15) is 32.1 Å². The van der Waals surface area contributed by atoms with Gasteiger partial charge in [-0.25, -0.2) is 0 Å². The van der Waals surface area contributed by atoms with Gasteiger partial charge in [0, 0.05) is 19.0 Å². The summed E-state index contributed by atoms with van der Waals surface area (Å²) in [5.41, 5.74) is 0. The minimum absolute atomic E-state index is 0.00218. The number of carbonyl (C=O) groups excluding carboxylic acids is 2. The normalized spacial score (nSPS) is 30.1. The van der Waals surface area contributed by atoms with Crippen LogP contribution in [0.4, 0.5) is 0 Å². The second-order valence-corrected chi connectivity index (χ2v) is 5.69. The molecule has 6 nitrogen and oxygen atoms in total. The summed E-state index contributed by atoms with van der Waals surface area (Å²) in [6.45, 7) is 1.06. The Kier molecular flexibility index (Phi) is 4.62. The van der Waals surface area contributed by atoms with Crippen molar-refractivity contribution in [2.24, 2.45) is 17.8 Å². The second-order valence-electron chi connectivity index (χ2n) is 5.69. The van der Waals surface area contributed by atoms with E-state index in [4.69, 9.17) is 9.84 Å². The first-order valence-electron chi connectivity index (χ1n) is 7.12. The Morgan fingerprint density at radius 2 is 1.80 bits per heavy atom. The molecular weight excluding hydrogens is 262 g/mol. The Labute approximate surface area is 118 Å². The molecule has 1 amide bonds. The Bertz CT molecular complexity index is 408. The number of hydrogen-bond acceptors (Lipinski definition) is 4. The fraction of sp³-hybridized carbons (Fsp3) is 0.786. The van der Waals surface area contributed by atoms with Crippen LogP contribution in [0.2, 0.25) is 0 Å². The molecule has 0 spiro atoms. The summed E-state index contributed by atoms with van der Waals surface area (Å²) in [5, 5.41) is 8.98. The zero-order valence-electron chi connectivity index (χ0n) is 11.7. The lowest BCUT2D eigenvalue weighted by molar-refractivity contribution is -0.149. The van der Waals surface area contributed by atoms with Crippen LogP contribution in [-0.2, 0) is 19.1 Å². The van der Waals surface area contributed by atoms with Crippen LogP contribution in [0, 0.1) is 17.8 Å². The third-order valence-electron chi connectivity index (χ3n) is 4.40. The molecule has 2 aliphatic rings. The number of methoxy groups -OCH3 is 1. The Morgan fingerprint density at radius 1 is 1.10 bits per heavy atom. The molecular formula is C14H21NO5. The Hall–Kier alpha value is -1.59. The lowest BCUT2D eigenvalue weighted by atomic mass is 9.96. The summed E-state index contributed by atoms with van der Waals surface area (Å²) in [7, 11) is 1.36. The van der Waals surface area contributed by atoms with Crippen molar-refractivity contribution in [2.45, 2.75) is 32.1 Å². The lowest BCUT2D eigenvalue weighted by Crippen LogP contribution is -2.44. The standard InChI is InChI=1S/C14H21NO5/c1-20-14(19)11-3-2-6-15(8-11)12(16)9-4-5-10(7-9)13(17)18/h9-11H,2-8H2,1H3,(H,17,18). The van der Waals surface area contributed by atoms with Crippen LogP contribution in [0.25, 0.3) is 0 Å². The second kappa shape index (κ2) is 6.24. The number of carboxylic acids is 1. The minimum atomic E-state index is -0.814. The number of rotatable bonds is 3. The molecule has 3 atom stereocenters. The number of hydrogen-bond donors (Lipinski definition) is 1. The molecule has 2 rings (SSSR count). The van der Waals surface area contributed by atoms with Gasteiger partial charge in [0.15, 0.2) is 0 Å². The highest BCUT2D eigenvalue weighted by Gasteiger charge is 2.38. The molecule has 0 bridgehead atoms. The van der Waals surface area contributed by atoms with Gasteiger partial charge in [0.1, 0.15) is 0 Å². The monoisotopic (exact) mass is 283 g/mol. The number of carbonyl (C=O) groups is 3. The van der Waals surface area contributed by atoms with Gasteiger partial charge in [-0.05, 0) is 32.1 Å². The predicted octanol–water partition coefficient (Wildman–Crippen LogP) is 0.899. The molecule has 0 aromatic rings. The van der Waals surface area contributed by atoms with Gasteiger partial charge in [-0.15, -0.1) is 0 Å². The van der Waals surface area contributed by atoms with Gasteiger partial charge in [0.2, 0.25) is 5.91 Å². The topological polar surface area (TPSA) is 83.9 Å². The molecule has 0 aromatic carbocycles. The number of carboxylic acid groups (broad SMARTS) is 1. The van der Waals surface area contributed by atoms with E-state index >= 15 is 0 Å². The first-order valence-corrected chi connectivity index (χ1v) is 7.12. The average molecular weight is 283 g/mol. The average Bonchev–Trinajstić information content (AvgIpc) is 2.95. The molecule has 1 saturated heterocycles. The van der Waals surface area contributed by atoms with Crippen LogP contribution < -0.4 is 0 Å². The number of esters is 1. The summed E-state index contributed by atoms with van der Waals surface area (Å²) in [5.74, 6) is -1.92. The first-order chi connectivity index (χ1) is 9.52. The molecule has 112 valence electrons. The third-order valence-corrected chi connectivity index (χ3v) is 4.40. The van der Waals surface area contributed by atoms with Gasteiger partial charge in [-0.2, -0.15) is 0 Å². The highest BCUT2D eigenvalue weighted by molar-refractivity contribution is 5.82. The van der Waals surface area contributed by atoms with Crippen molar-refractivity contribution in [3.05, 3.63) is 0 Å². The largest absolute Gasteiger partial charge is 0.481 e. The molecule has 1 aliphatic carbocycles. The highest BCUT2D eigenvalue weighted by atomic mass is 16.5. The molecule has 20 heavy (non-hydrogen) atoms. The number of ether oxygens (including phenoxy) is 1. The van der Waals surface area contributed by atoms with Crippen molar-refractivity contribution in [1.82, 2.24) is 4.90 Å². The van der Waals surface area contributed by atoms with E-state index in [1.807, 2.05) is 0 Å². The van der Waals surface area contributed by atoms with Gasteiger partial charge >= 0.3 is 11.9 Å². The zero-order chi connectivity index (χ0) is 14.7. The number of amides is 1. The van der Waals surface area contributed by atoms with Crippen molar-refractivity contribution in [3.63, 3.8) is 0 Å². The SMILES string of the molecule is COC(=O)C1CCCN(C(=O)C2CCC(C(=O)O)C2)C1. The van der Waals surface area contributed by atoms with Crippen LogP contribution in [0.5, 0.6) is 0 Å². The molecule has 2 fully saturated rings. The summed E-state index contributed by atoms with van der Waals surface area (Å²) < 4.78 is 4.74. The highest BCUT2D eigenvalue weighted by Crippen LogP contribution is 2.33. The quantitative estimate of drug-likeness (QED) is 0.778. The van der Waals surface area contributed by atoms with Gasteiger partial charge < -0.3 is 14.7 Å². The fourth-order valence-electron chi connectivity index (χ4n) is 3.22. The Balaban J connectivity index is 1.92. The molecule has 1 aliphatic heterocycles. The maximum absolute atomic E-state index is 12.4. The van der Waals surface area contributed by atoms with E-state index in [1.165, 1.54) is 7.11 Å². The number of nitrogens with zero attached hydrogens (tertiary/aromatic N) is 1. The summed E-state index contributed by atoms with van der Waals surface area (Å²) in [6, 6.07) is 0. The number of aliphatic carboxylic acids is 1. The van der Waals surface area contributed by atoms with E-state index in [0.29, 0.717) is 32.4 Å². The van der Waals surface area contributed by atoms with E-state index in [2.05, 4.69) is 0 Å². The molecule has 6 heteroatoms. The minimum Gasteiger partial charge on any atom is -0.481 e. The summed E-state index contributed by atoms with van der Waals surface area (Å²) in [6.07, 6.45) is 3.17. The lowest BCUT2D eigenvalue weighted by Gasteiger charge is -2.33. The maximum atomic E-state index is 12.4. The predicted molar refractivity (Wildman–Crippen MR) is 69.8 cm³/mol. The van der Waals surface area contributed by atoms with Gasteiger partial charge in [-0.1, -0.05) is 0 Å². The summed E-state index contributed by atoms with van der Waals surface area (Å²) >= 11 is 0. The van der Waals surface area contributed by atoms with Crippen molar-refractivity contribution in [3.8, 4) is 0 Å². The van der Waals surface area contributed by atoms with Gasteiger partial charge in [-0.3, -0.25) is 14.4 Å². The Morgan fingerprint density at radius 3 is 2.40 bits per heavy atom. The molecule has 3 unspecified atom stereocenters. The molecule has 0 aromatic heterocycles. The van der Waals surface area contributed by atoms with E-state index in [1.54, 1.807) is 4.90 Å². The molecule has 0 radical (unpaired) electrons. The molecule has 1 heterocycles. The van der Waals surface area contributed by atoms with Crippen molar-refractivity contribution in [1.29, 1.82) is 0 Å². The van der Waals surface area contributed by atoms with Crippen LogP contribution in [-0.4, -0.2) is 48.1 Å². The smallest absolute Gasteiger partial charge is 0.310 e. The van der Waals surface area contributed by atoms with Crippen LogP contribution >= 0.6 is 0 Å². The van der Waals surface area contributed by atoms with Crippen molar-refractivity contribution < 1.29 is 24.2 Å².